The Morgan fingerprint density at radius 3 is 3.12 bits per heavy atom. The van der Waals surface area contributed by atoms with Gasteiger partial charge in [0.2, 0.25) is 11.8 Å². The van der Waals surface area contributed by atoms with Crippen molar-refractivity contribution in [2.75, 3.05) is 26.7 Å². The third kappa shape index (κ3) is 5.15. The number of hydrogen-bond acceptors (Lipinski definition) is 6. The van der Waals surface area contributed by atoms with E-state index >= 15 is 0 Å². The minimum atomic E-state index is -0.138. The van der Waals surface area contributed by atoms with Crippen LogP contribution < -0.4 is 10.6 Å². The first kappa shape index (κ1) is 19.7. The van der Waals surface area contributed by atoms with Crippen molar-refractivity contribution in [1.82, 2.24) is 25.7 Å². The zero-order valence-electron chi connectivity index (χ0n) is 13.9. The van der Waals surface area contributed by atoms with Crippen molar-refractivity contribution >= 4 is 29.9 Å². The SMILES string of the molecule is CNC(=O)Cc1noc(CN2CCNCC2c2cccc(Cl)c2)n1.Cl. The summed E-state index contributed by atoms with van der Waals surface area (Å²) >= 11 is 6.12. The number of likely N-dealkylation sites (N-methyl/N-ethyl adjacent to an activating group) is 1. The number of carbonyl (C=O) groups excluding carboxylic acids is 1. The van der Waals surface area contributed by atoms with Crippen LogP contribution in [0.4, 0.5) is 0 Å². The fraction of sp³-hybridized carbons (Fsp3) is 0.438. The maximum Gasteiger partial charge on any atom is 0.240 e. The van der Waals surface area contributed by atoms with Gasteiger partial charge in [-0.15, -0.1) is 12.4 Å². The number of halogens is 2. The highest BCUT2D eigenvalue weighted by atomic mass is 35.5. The third-order valence-electron chi connectivity index (χ3n) is 4.03. The number of rotatable bonds is 5. The Bertz CT molecular complexity index is 709. The van der Waals surface area contributed by atoms with Gasteiger partial charge in [0, 0.05) is 37.7 Å². The predicted molar refractivity (Wildman–Crippen MR) is 96.8 cm³/mol. The second-order valence-corrected chi connectivity index (χ2v) is 6.14. The fourth-order valence-electron chi connectivity index (χ4n) is 2.81. The summed E-state index contributed by atoms with van der Waals surface area (Å²) < 4.78 is 5.29. The Morgan fingerprint density at radius 1 is 1.52 bits per heavy atom. The second kappa shape index (κ2) is 9.15. The highest BCUT2D eigenvalue weighted by Gasteiger charge is 2.25. The molecular weight excluding hydrogens is 365 g/mol. The highest BCUT2D eigenvalue weighted by Crippen LogP contribution is 2.25. The molecule has 1 aliphatic rings. The van der Waals surface area contributed by atoms with E-state index in [9.17, 15) is 4.79 Å². The molecule has 7 nitrogen and oxygen atoms in total. The topological polar surface area (TPSA) is 83.3 Å². The molecule has 3 rings (SSSR count). The van der Waals surface area contributed by atoms with Gasteiger partial charge in [0.25, 0.3) is 0 Å². The highest BCUT2D eigenvalue weighted by molar-refractivity contribution is 6.30. The Hall–Kier alpha value is -1.67. The summed E-state index contributed by atoms with van der Waals surface area (Å²) in [5.74, 6) is 0.781. The van der Waals surface area contributed by atoms with Crippen LogP contribution in [-0.4, -0.2) is 47.6 Å². The molecule has 2 heterocycles. The van der Waals surface area contributed by atoms with Crippen LogP contribution in [0.25, 0.3) is 0 Å². The molecule has 1 aliphatic heterocycles. The Kier molecular flexibility index (Phi) is 7.19. The van der Waals surface area contributed by atoms with E-state index in [0.717, 1.165) is 30.2 Å². The van der Waals surface area contributed by atoms with Gasteiger partial charge in [-0.1, -0.05) is 28.9 Å². The van der Waals surface area contributed by atoms with Crippen molar-refractivity contribution in [3.05, 3.63) is 46.6 Å². The summed E-state index contributed by atoms with van der Waals surface area (Å²) in [6, 6.07) is 8.07. The molecule has 2 N–H and O–H groups in total. The van der Waals surface area contributed by atoms with Gasteiger partial charge >= 0.3 is 0 Å². The molecule has 0 aliphatic carbocycles. The Balaban J connectivity index is 0.00000225. The van der Waals surface area contributed by atoms with Crippen LogP contribution in [0.2, 0.25) is 5.02 Å². The largest absolute Gasteiger partial charge is 0.359 e. The lowest BCUT2D eigenvalue weighted by Gasteiger charge is -2.35. The van der Waals surface area contributed by atoms with Crippen molar-refractivity contribution in [3.8, 4) is 0 Å². The van der Waals surface area contributed by atoms with Crippen LogP contribution in [0.1, 0.15) is 23.3 Å². The molecular formula is C16H21Cl2N5O2. The van der Waals surface area contributed by atoms with Gasteiger partial charge in [0.15, 0.2) is 5.82 Å². The third-order valence-corrected chi connectivity index (χ3v) is 4.27. The fourth-order valence-corrected chi connectivity index (χ4v) is 3.01. The van der Waals surface area contributed by atoms with E-state index in [2.05, 4.69) is 31.7 Å². The summed E-state index contributed by atoms with van der Waals surface area (Å²) in [5, 5.41) is 10.5. The van der Waals surface area contributed by atoms with Gasteiger partial charge in [0.05, 0.1) is 13.0 Å². The first-order valence-corrected chi connectivity index (χ1v) is 8.26. The van der Waals surface area contributed by atoms with E-state index in [1.807, 2.05) is 18.2 Å². The van der Waals surface area contributed by atoms with Crippen LogP contribution in [0.3, 0.4) is 0 Å². The van der Waals surface area contributed by atoms with Gasteiger partial charge in [-0.2, -0.15) is 4.98 Å². The average Bonchev–Trinajstić information content (AvgIpc) is 3.02. The van der Waals surface area contributed by atoms with E-state index in [1.165, 1.54) is 0 Å². The number of piperazine rings is 1. The average molecular weight is 386 g/mol. The quantitative estimate of drug-likeness (QED) is 0.812. The van der Waals surface area contributed by atoms with Crippen LogP contribution >= 0.6 is 24.0 Å². The van der Waals surface area contributed by atoms with Crippen molar-refractivity contribution in [2.45, 2.75) is 19.0 Å². The molecule has 1 saturated heterocycles. The van der Waals surface area contributed by atoms with Crippen molar-refractivity contribution in [3.63, 3.8) is 0 Å². The van der Waals surface area contributed by atoms with Crippen LogP contribution in [-0.2, 0) is 17.8 Å². The maximum absolute atomic E-state index is 11.4. The van der Waals surface area contributed by atoms with Gasteiger partial charge < -0.3 is 15.2 Å². The van der Waals surface area contributed by atoms with Crippen LogP contribution in [0.5, 0.6) is 0 Å². The van der Waals surface area contributed by atoms with Crippen molar-refractivity contribution in [2.24, 2.45) is 0 Å². The number of hydrogen-bond donors (Lipinski definition) is 2. The number of nitrogens with one attached hydrogen (secondary N) is 2. The molecule has 0 saturated carbocycles. The second-order valence-electron chi connectivity index (χ2n) is 5.70. The molecule has 9 heteroatoms. The lowest BCUT2D eigenvalue weighted by Crippen LogP contribution is -2.45. The molecule has 2 aromatic rings. The zero-order chi connectivity index (χ0) is 16.9. The summed E-state index contributed by atoms with van der Waals surface area (Å²) in [6.45, 7) is 3.14. The van der Waals surface area contributed by atoms with Gasteiger partial charge in [0.1, 0.15) is 0 Å². The molecule has 0 spiro atoms. The molecule has 1 amide bonds. The molecule has 1 aromatic heterocycles. The smallest absolute Gasteiger partial charge is 0.240 e. The van der Waals surface area contributed by atoms with E-state index in [1.54, 1.807) is 7.05 Å². The maximum atomic E-state index is 11.4. The Labute approximate surface area is 157 Å². The Morgan fingerprint density at radius 2 is 2.36 bits per heavy atom. The van der Waals surface area contributed by atoms with E-state index in [4.69, 9.17) is 16.1 Å². The molecule has 25 heavy (non-hydrogen) atoms. The molecule has 136 valence electrons. The minimum absolute atomic E-state index is 0. The zero-order valence-corrected chi connectivity index (χ0v) is 15.4. The number of nitrogens with zero attached hydrogens (tertiary/aromatic N) is 3. The molecule has 1 aromatic carbocycles. The molecule has 1 fully saturated rings. The van der Waals surface area contributed by atoms with E-state index in [-0.39, 0.29) is 30.8 Å². The van der Waals surface area contributed by atoms with Crippen LogP contribution in [0, 0.1) is 0 Å². The monoisotopic (exact) mass is 385 g/mol. The standard InChI is InChI=1S/C16H20ClN5O2.ClH/c1-18-15(23)8-14-20-16(24-21-14)10-22-6-5-19-9-13(22)11-3-2-4-12(17)7-11;/h2-4,7,13,19H,5-6,8-10H2,1H3,(H,18,23);1H. The first-order chi connectivity index (χ1) is 11.7. The van der Waals surface area contributed by atoms with E-state index in [0.29, 0.717) is 18.3 Å². The number of amides is 1. The van der Waals surface area contributed by atoms with Gasteiger partial charge in [-0.25, -0.2) is 0 Å². The summed E-state index contributed by atoms with van der Waals surface area (Å²) in [4.78, 5) is 18.0. The summed E-state index contributed by atoms with van der Waals surface area (Å²) in [5.41, 5.74) is 1.15. The molecule has 1 atom stereocenters. The number of carbonyl (C=O) groups is 1. The molecule has 0 radical (unpaired) electrons. The predicted octanol–water partition coefficient (Wildman–Crippen LogP) is 1.58. The summed E-state index contributed by atoms with van der Waals surface area (Å²) in [7, 11) is 1.58. The number of aromatic nitrogens is 2. The van der Waals surface area contributed by atoms with Crippen molar-refractivity contribution in [1.29, 1.82) is 0 Å². The normalized spacial score (nSPS) is 17.8. The van der Waals surface area contributed by atoms with Crippen molar-refractivity contribution < 1.29 is 9.32 Å². The van der Waals surface area contributed by atoms with E-state index < -0.39 is 0 Å². The molecule has 1 unspecified atom stereocenters. The lowest BCUT2D eigenvalue weighted by molar-refractivity contribution is -0.120. The number of benzene rings is 1. The minimum Gasteiger partial charge on any atom is -0.359 e. The molecule has 0 bridgehead atoms. The van der Waals surface area contributed by atoms with Gasteiger partial charge in [-0.05, 0) is 17.7 Å². The first-order valence-electron chi connectivity index (χ1n) is 7.88. The summed E-state index contributed by atoms with van der Waals surface area (Å²) in [6.07, 6.45) is 0.124. The van der Waals surface area contributed by atoms with Crippen LogP contribution in [0.15, 0.2) is 28.8 Å². The van der Waals surface area contributed by atoms with Gasteiger partial charge in [-0.3, -0.25) is 9.69 Å². The lowest BCUT2D eigenvalue weighted by atomic mass is 10.0.